The van der Waals surface area contributed by atoms with Gasteiger partial charge in [0, 0.05) is 16.7 Å². The maximum atomic E-state index is 12.7. The number of halogens is 1. The molecule has 2 aromatic heterocycles. The highest BCUT2D eigenvalue weighted by molar-refractivity contribution is 7.91. The second-order valence-electron chi connectivity index (χ2n) is 8.55. The molecule has 2 aliphatic carbocycles. The van der Waals surface area contributed by atoms with Gasteiger partial charge in [0.2, 0.25) is 0 Å². The van der Waals surface area contributed by atoms with Gasteiger partial charge in [-0.25, -0.2) is 13.4 Å². The van der Waals surface area contributed by atoms with Crippen LogP contribution in [0.4, 0.5) is 0 Å². The van der Waals surface area contributed by atoms with Crippen molar-refractivity contribution in [2.75, 3.05) is 6.26 Å². The summed E-state index contributed by atoms with van der Waals surface area (Å²) < 4.78 is 29.5. The summed E-state index contributed by atoms with van der Waals surface area (Å²) >= 11 is 7.69. The van der Waals surface area contributed by atoms with E-state index >= 15 is 0 Å². The van der Waals surface area contributed by atoms with Gasteiger partial charge in [-0.1, -0.05) is 11.6 Å². The highest BCUT2D eigenvalue weighted by Crippen LogP contribution is 2.79. The molecule has 1 amide bonds. The molecular formula is C20H19ClN2O4S2. The van der Waals surface area contributed by atoms with Crippen molar-refractivity contribution in [1.29, 1.82) is 0 Å². The summed E-state index contributed by atoms with van der Waals surface area (Å²) in [6.07, 6.45) is 2.85. The van der Waals surface area contributed by atoms with Gasteiger partial charge in [-0.2, -0.15) is 0 Å². The average Bonchev–Trinajstić information content (AvgIpc) is 3.17. The molecular weight excluding hydrogens is 432 g/mol. The van der Waals surface area contributed by atoms with Crippen molar-refractivity contribution in [2.24, 2.45) is 0 Å². The Labute approximate surface area is 177 Å². The number of amides is 1. The lowest BCUT2D eigenvalue weighted by atomic mass is 10.1. The van der Waals surface area contributed by atoms with Crippen molar-refractivity contribution in [3.63, 3.8) is 0 Å². The second kappa shape index (κ2) is 5.62. The summed E-state index contributed by atoms with van der Waals surface area (Å²) in [6, 6.07) is 8.75. The summed E-state index contributed by atoms with van der Waals surface area (Å²) in [7, 11) is -3.39. The number of hydrogen-bond acceptors (Lipinski definition) is 6. The van der Waals surface area contributed by atoms with Crippen LogP contribution >= 0.6 is 22.9 Å². The van der Waals surface area contributed by atoms with Gasteiger partial charge in [0.15, 0.2) is 15.6 Å². The van der Waals surface area contributed by atoms with E-state index in [9.17, 15) is 13.2 Å². The summed E-state index contributed by atoms with van der Waals surface area (Å²) in [5.74, 6) is 0.0440. The molecule has 0 radical (unpaired) electrons. The number of furan rings is 1. The molecule has 2 aliphatic rings. The second-order valence-corrected chi connectivity index (χ2v) is 12.6. The molecule has 2 saturated carbocycles. The Morgan fingerprint density at radius 1 is 1.28 bits per heavy atom. The van der Waals surface area contributed by atoms with Crippen molar-refractivity contribution < 1.29 is 17.6 Å². The Hall–Kier alpha value is -1.90. The Morgan fingerprint density at radius 3 is 2.69 bits per heavy atom. The van der Waals surface area contributed by atoms with Crippen LogP contribution in [0.15, 0.2) is 34.7 Å². The molecule has 5 rings (SSSR count). The number of carbonyl (C=O) groups is 1. The van der Waals surface area contributed by atoms with Gasteiger partial charge >= 0.3 is 0 Å². The summed E-state index contributed by atoms with van der Waals surface area (Å²) in [4.78, 5) is 17.4. The van der Waals surface area contributed by atoms with E-state index in [0.29, 0.717) is 5.02 Å². The predicted octanol–water partition coefficient (Wildman–Crippen LogP) is 4.04. The first-order valence-electron chi connectivity index (χ1n) is 9.17. The number of hydrogen-bond donors (Lipinski definition) is 1. The molecule has 3 aromatic rings. The van der Waals surface area contributed by atoms with Crippen LogP contribution in [0.25, 0.3) is 10.2 Å². The quantitative estimate of drug-likeness (QED) is 0.633. The third-order valence-corrected chi connectivity index (χ3v) is 9.87. The summed E-state index contributed by atoms with van der Waals surface area (Å²) in [5, 5.41) is 4.76. The molecule has 2 heterocycles. The van der Waals surface area contributed by atoms with E-state index in [4.69, 9.17) is 21.0 Å². The molecule has 1 aromatic carbocycles. The van der Waals surface area contributed by atoms with Crippen molar-refractivity contribution in [1.82, 2.24) is 10.3 Å². The smallest absolute Gasteiger partial charge is 0.287 e. The number of sulfone groups is 1. The molecule has 29 heavy (non-hydrogen) atoms. The fraction of sp³-hybridized carbons (Fsp3) is 0.400. The molecule has 2 fully saturated rings. The van der Waals surface area contributed by atoms with Crippen LogP contribution in [0.1, 0.15) is 48.0 Å². The van der Waals surface area contributed by atoms with Gasteiger partial charge < -0.3 is 9.73 Å². The number of aromatic nitrogens is 1. The topological polar surface area (TPSA) is 89.3 Å². The third kappa shape index (κ3) is 2.69. The number of benzene rings is 1. The maximum Gasteiger partial charge on any atom is 0.287 e. The molecule has 0 bridgehead atoms. The molecule has 152 valence electrons. The van der Waals surface area contributed by atoms with Crippen molar-refractivity contribution >= 4 is 48.9 Å². The number of rotatable bonds is 5. The molecule has 0 spiro atoms. The van der Waals surface area contributed by atoms with Gasteiger partial charge in [-0.05, 0) is 57.0 Å². The zero-order valence-corrected chi connectivity index (χ0v) is 18.5. The highest BCUT2D eigenvalue weighted by atomic mass is 35.5. The lowest BCUT2D eigenvalue weighted by molar-refractivity contribution is 0.0911. The average molecular weight is 451 g/mol. The van der Waals surface area contributed by atoms with E-state index < -0.39 is 14.6 Å². The zero-order chi connectivity index (χ0) is 20.8. The minimum Gasteiger partial charge on any atom is -0.454 e. The van der Waals surface area contributed by atoms with Crippen LogP contribution in [0.3, 0.4) is 0 Å². The monoisotopic (exact) mass is 450 g/mol. The SMILES string of the molecule is CC(C)(c1ccc(C(=O)NC23CC2(c2nc4cc(Cl)ccc4s2)C3)o1)S(C)(=O)=O. The van der Waals surface area contributed by atoms with Crippen molar-refractivity contribution in [3.05, 3.63) is 51.9 Å². The van der Waals surface area contributed by atoms with Gasteiger partial charge in [0.1, 0.15) is 15.5 Å². The van der Waals surface area contributed by atoms with E-state index in [1.165, 1.54) is 6.07 Å². The van der Waals surface area contributed by atoms with Crippen LogP contribution in [0.2, 0.25) is 5.02 Å². The molecule has 6 nitrogen and oxygen atoms in total. The van der Waals surface area contributed by atoms with Crippen LogP contribution in [-0.4, -0.2) is 31.1 Å². The Bertz CT molecular complexity index is 1280. The van der Waals surface area contributed by atoms with E-state index in [-0.39, 0.29) is 28.4 Å². The highest BCUT2D eigenvalue weighted by Gasteiger charge is 2.86. The molecule has 0 unspecified atom stereocenters. The molecule has 0 aliphatic heterocycles. The van der Waals surface area contributed by atoms with Gasteiger partial charge in [0.25, 0.3) is 5.91 Å². The largest absolute Gasteiger partial charge is 0.454 e. The fourth-order valence-corrected chi connectivity index (χ4v) is 5.68. The van der Waals surface area contributed by atoms with Crippen molar-refractivity contribution in [2.45, 2.75) is 42.4 Å². The van der Waals surface area contributed by atoms with E-state index in [0.717, 1.165) is 34.3 Å². The van der Waals surface area contributed by atoms with Crippen LogP contribution in [0, 0.1) is 0 Å². The number of thiazole rings is 1. The first kappa shape index (κ1) is 19.1. The number of nitrogens with one attached hydrogen (secondary N) is 1. The van der Waals surface area contributed by atoms with Gasteiger partial charge in [-0.15, -0.1) is 11.3 Å². The third-order valence-electron chi connectivity index (χ3n) is 6.34. The number of fused-ring (bicyclic) bond motifs is 2. The van der Waals surface area contributed by atoms with Gasteiger partial charge in [0.05, 0.1) is 15.8 Å². The molecule has 0 saturated heterocycles. The van der Waals surface area contributed by atoms with Crippen LogP contribution in [0.5, 0.6) is 0 Å². The van der Waals surface area contributed by atoms with Crippen LogP contribution < -0.4 is 5.32 Å². The first-order chi connectivity index (χ1) is 13.5. The summed E-state index contributed by atoms with van der Waals surface area (Å²) in [5.41, 5.74) is 0.506. The zero-order valence-electron chi connectivity index (χ0n) is 16.1. The normalized spacial score (nSPS) is 25.7. The Balaban J connectivity index is 1.34. The minimum absolute atomic E-state index is 0.0970. The predicted molar refractivity (Wildman–Crippen MR) is 112 cm³/mol. The number of carbonyl (C=O) groups excluding carboxylic acids is 1. The lowest BCUT2D eigenvalue weighted by Crippen LogP contribution is -2.31. The standard InChI is InChI=1S/C20H19ClN2O4S2/c1-18(2,29(3,25)26)15-7-5-13(27-15)16(24)23-20-9-19(20,10-20)17-22-12-8-11(21)4-6-14(12)28-17/h4-8H,9-10H2,1-3H3,(H,23,24). The fourth-order valence-electron chi connectivity index (χ4n) is 3.80. The van der Waals surface area contributed by atoms with E-state index in [2.05, 4.69) is 5.32 Å². The first-order valence-corrected chi connectivity index (χ1v) is 12.3. The molecule has 9 heteroatoms. The van der Waals surface area contributed by atoms with E-state index in [1.54, 1.807) is 31.3 Å². The van der Waals surface area contributed by atoms with Crippen LogP contribution in [-0.2, 0) is 20.0 Å². The van der Waals surface area contributed by atoms with Gasteiger partial charge in [-0.3, -0.25) is 4.79 Å². The Morgan fingerprint density at radius 2 is 2.00 bits per heavy atom. The minimum atomic E-state index is -3.39. The lowest BCUT2D eigenvalue weighted by Gasteiger charge is -2.19. The maximum absolute atomic E-state index is 12.7. The summed E-state index contributed by atoms with van der Waals surface area (Å²) in [6.45, 7) is 3.13. The molecule has 1 N–H and O–H groups in total. The number of nitrogens with zero attached hydrogens (tertiary/aromatic N) is 1. The molecule has 0 atom stereocenters. The Kier molecular flexibility index (Phi) is 3.70. The van der Waals surface area contributed by atoms with Crippen molar-refractivity contribution in [3.8, 4) is 0 Å². The van der Waals surface area contributed by atoms with E-state index in [1.807, 2.05) is 18.2 Å².